The van der Waals surface area contributed by atoms with E-state index >= 15 is 0 Å². The Morgan fingerprint density at radius 3 is 2.20 bits per heavy atom. The number of hydrogen-bond acceptors (Lipinski definition) is 1. The molecule has 2 aliphatic carbocycles. The van der Waals surface area contributed by atoms with Crippen LogP contribution >= 0.6 is 11.8 Å². The lowest BCUT2D eigenvalue weighted by molar-refractivity contribution is 0.480. The van der Waals surface area contributed by atoms with Crippen LogP contribution in [0.4, 0.5) is 0 Å². The normalized spacial score (nSPS) is 29.9. The van der Waals surface area contributed by atoms with Crippen molar-refractivity contribution < 1.29 is 0 Å². The van der Waals surface area contributed by atoms with Gasteiger partial charge in [-0.25, -0.2) is 0 Å². The van der Waals surface area contributed by atoms with E-state index in [0.29, 0.717) is 0 Å². The van der Waals surface area contributed by atoms with Crippen LogP contribution in [-0.4, -0.2) is 8.07 Å². The molecular weight excluding hydrogens is 276 g/mol. The molecule has 0 aromatic heterocycles. The van der Waals surface area contributed by atoms with Crippen molar-refractivity contribution in [1.82, 2.24) is 0 Å². The van der Waals surface area contributed by atoms with Gasteiger partial charge in [0.1, 0.15) is 0 Å². The minimum Gasteiger partial charge on any atom is -0.0995 e. The molecule has 2 saturated carbocycles. The van der Waals surface area contributed by atoms with E-state index in [2.05, 4.69) is 56.0 Å². The van der Waals surface area contributed by atoms with E-state index in [1.165, 1.54) is 30.6 Å². The summed E-state index contributed by atoms with van der Waals surface area (Å²) in [4.78, 5) is 1.41. The van der Waals surface area contributed by atoms with Crippen molar-refractivity contribution in [3.63, 3.8) is 0 Å². The molecule has 2 fully saturated rings. The van der Waals surface area contributed by atoms with Gasteiger partial charge < -0.3 is 0 Å². The van der Waals surface area contributed by atoms with Crippen LogP contribution in [-0.2, 0) is 0 Å². The Morgan fingerprint density at radius 2 is 1.65 bits per heavy atom. The minimum absolute atomic E-state index is 0.912. The molecule has 1 aromatic carbocycles. The van der Waals surface area contributed by atoms with Crippen LogP contribution in [0.25, 0.3) is 0 Å². The van der Waals surface area contributed by atoms with Gasteiger partial charge in [0.25, 0.3) is 0 Å². The van der Waals surface area contributed by atoms with E-state index in [9.17, 15) is 0 Å². The highest BCUT2D eigenvalue weighted by Crippen LogP contribution is 2.57. The standard InChI is InChI=1S/C18H26SSi/c1-20(2,3)18(19-14-9-5-4-6-10-14)13-17-15-11-7-8-12-16(15)17/h4-6,9-10,13,15-17H,7-8,11-12H2,1-3H3/b18-13+. The highest BCUT2D eigenvalue weighted by molar-refractivity contribution is 8.05. The minimum atomic E-state index is -1.23. The number of rotatable bonds is 4. The molecule has 2 atom stereocenters. The van der Waals surface area contributed by atoms with Crippen LogP contribution < -0.4 is 0 Å². The second-order valence-corrected chi connectivity index (χ2v) is 13.9. The molecule has 20 heavy (non-hydrogen) atoms. The van der Waals surface area contributed by atoms with E-state index in [4.69, 9.17) is 0 Å². The maximum atomic E-state index is 2.69. The largest absolute Gasteiger partial charge is 0.0995 e. The molecule has 1 aromatic rings. The highest BCUT2D eigenvalue weighted by Gasteiger charge is 2.49. The van der Waals surface area contributed by atoms with Crippen LogP contribution in [0, 0.1) is 17.8 Å². The lowest BCUT2D eigenvalue weighted by Gasteiger charge is -2.21. The van der Waals surface area contributed by atoms with Crippen LogP contribution in [0.2, 0.25) is 19.6 Å². The van der Waals surface area contributed by atoms with Crippen molar-refractivity contribution in [2.24, 2.45) is 17.8 Å². The van der Waals surface area contributed by atoms with Crippen LogP contribution in [0.1, 0.15) is 25.7 Å². The molecular formula is C18H26SSi. The fourth-order valence-corrected chi connectivity index (χ4v) is 6.57. The van der Waals surface area contributed by atoms with E-state index in [0.717, 1.165) is 17.8 Å². The zero-order chi connectivity index (χ0) is 14.2. The van der Waals surface area contributed by atoms with Gasteiger partial charge in [0, 0.05) is 4.90 Å². The molecule has 0 saturated heterocycles. The second-order valence-electron chi connectivity index (χ2n) is 7.39. The van der Waals surface area contributed by atoms with Crippen molar-refractivity contribution in [2.75, 3.05) is 0 Å². The summed E-state index contributed by atoms with van der Waals surface area (Å²) in [6.07, 6.45) is 8.60. The first kappa shape index (κ1) is 14.5. The van der Waals surface area contributed by atoms with Gasteiger partial charge in [-0.1, -0.05) is 68.5 Å². The Labute approximate surface area is 129 Å². The van der Waals surface area contributed by atoms with Gasteiger partial charge >= 0.3 is 0 Å². The predicted octanol–water partition coefficient (Wildman–Crippen LogP) is 5.98. The van der Waals surface area contributed by atoms with Crippen LogP contribution in [0.15, 0.2) is 45.8 Å². The first-order valence-corrected chi connectivity index (χ1v) is 12.3. The van der Waals surface area contributed by atoms with Gasteiger partial charge in [0.15, 0.2) is 0 Å². The molecule has 0 radical (unpaired) electrons. The van der Waals surface area contributed by atoms with Crippen molar-refractivity contribution in [3.05, 3.63) is 40.9 Å². The van der Waals surface area contributed by atoms with Crippen molar-refractivity contribution >= 4 is 19.8 Å². The van der Waals surface area contributed by atoms with Crippen molar-refractivity contribution in [2.45, 2.75) is 50.2 Å². The van der Waals surface area contributed by atoms with Gasteiger partial charge in [-0.05, 0) is 47.3 Å². The number of hydrogen-bond donors (Lipinski definition) is 0. The predicted molar refractivity (Wildman–Crippen MR) is 92.7 cm³/mol. The van der Waals surface area contributed by atoms with Gasteiger partial charge in [-0.2, -0.15) is 0 Å². The fourth-order valence-electron chi connectivity index (χ4n) is 3.52. The Balaban J connectivity index is 1.77. The summed E-state index contributed by atoms with van der Waals surface area (Å²) in [5, 5.41) is 0. The summed E-state index contributed by atoms with van der Waals surface area (Å²) in [5.41, 5.74) is 0. The van der Waals surface area contributed by atoms with Gasteiger partial charge in [0.05, 0.1) is 8.07 Å². The smallest absolute Gasteiger partial charge is 0.0858 e. The zero-order valence-electron chi connectivity index (χ0n) is 12.9. The van der Waals surface area contributed by atoms with E-state index in [-0.39, 0.29) is 0 Å². The quantitative estimate of drug-likeness (QED) is 0.487. The van der Waals surface area contributed by atoms with Crippen LogP contribution in [0.5, 0.6) is 0 Å². The Bertz CT molecular complexity index is 474. The van der Waals surface area contributed by atoms with Crippen LogP contribution in [0.3, 0.4) is 0 Å². The van der Waals surface area contributed by atoms with Gasteiger partial charge in [-0.15, -0.1) is 0 Å². The molecule has 0 N–H and O–H groups in total. The molecule has 2 unspecified atom stereocenters. The number of thioether (sulfide) groups is 1. The van der Waals surface area contributed by atoms with Crippen molar-refractivity contribution in [1.29, 1.82) is 0 Å². The topological polar surface area (TPSA) is 0 Å². The Morgan fingerprint density at radius 1 is 1.05 bits per heavy atom. The molecule has 0 amide bonds. The molecule has 2 aliphatic rings. The van der Waals surface area contributed by atoms with E-state index < -0.39 is 8.07 Å². The molecule has 0 spiro atoms. The summed E-state index contributed by atoms with van der Waals surface area (Å²) >= 11 is 2.03. The maximum Gasteiger partial charge on any atom is 0.0858 e. The second kappa shape index (κ2) is 5.73. The zero-order valence-corrected chi connectivity index (χ0v) is 14.7. The molecule has 0 nitrogen and oxygen atoms in total. The molecule has 108 valence electrons. The Kier molecular flexibility index (Phi) is 4.14. The molecule has 0 aliphatic heterocycles. The van der Waals surface area contributed by atoms with Gasteiger partial charge in [-0.3, -0.25) is 0 Å². The first-order chi connectivity index (χ1) is 9.55. The molecule has 2 heteroatoms. The summed E-state index contributed by atoms with van der Waals surface area (Å²) in [7, 11) is -1.23. The molecule has 0 bridgehead atoms. The number of fused-ring (bicyclic) bond motifs is 1. The monoisotopic (exact) mass is 302 g/mol. The molecule has 0 heterocycles. The fraction of sp³-hybridized carbons (Fsp3) is 0.556. The lowest BCUT2D eigenvalue weighted by atomic mass is 10.0. The van der Waals surface area contributed by atoms with E-state index in [1.807, 2.05) is 11.8 Å². The average molecular weight is 303 g/mol. The maximum absolute atomic E-state index is 2.69. The van der Waals surface area contributed by atoms with E-state index in [1.54, 1.807) is 4.53 Å². The summed E-state index contributed by atoms with van der Waals surface area (Å²) in [6.45, 7) is 7.46. The average Bonchev–Trinajstić information content (AvgIpc) is 3.12. The number of allylic oxidation sites excluding steroid dienone is 1. The third-order valence-corrected chi connectivity index (χ3v) is 9.43. The van der Waals surface area contributed by atoms with Gasteiger partial charge in [0.2, 0.25) is 0 Å². The first-order valence-electron chi connectivity index (χ1n) is 8.01. The summed E-state index contributed by atoms with van der Waals surface area (Å²) in [5.74, 6) is 2.98. The van der Waals surface area contributed by atoms with Crippen molar-refractivity contribution in [3.8, 4) is 0 Å². The Hall–Kier alpha value is -0.473. The SMILES string of the molecule is C[Si](C)(C)/C(=C/C1C2CCCCC12)Sc1ccccc1. The number of benzene rings is 1. The summed E-state index contributed by atoms with van der Waals surface area (Å²) in [6, 6.07) is 10.9. The highest BCUT2D eigenvalue weighted by atomic mass is 32.2. The third-order valence-electron chi connectivity index (χ3n) is 4.78. The molecule has 3 rings (SSSR count). The lowest BCUT2D eigenvalue weighted by Crippen LogP contribution is -2.22. The third kappa shape index (κ3) is 3.23. The summed E-state index contributed by atoms with van der Waals surface area (Å²) < 4.78 is 1.70.